The molecule has 2 heterocycles. The fraction of sp³-hybridized carbons (Fsp3) is 0.529. The van der Waals surface area contributed by atoms with E-state index in [-0.39, 0.29) is 12.2 Å². The van der Waals surface area contributed by atoms with Crippen LogP contribution in [0.4, 0.5) is 0 Å². The number of ether oxygens (including phenoxy) is 1. The maximum Gasteiger partial charge on any atom is 0.199 e. The Hall–Kier alpha value is -1.50. The monoisotopic (exact) mass is 332 g/mol. The van der Waals surface area contributed by atoms with Gasteiger partial charge in [-0.15, -0.1) is 0 Å². The molecule has 0 radical (unpaired) electrons. The first-order valence-corrected chi connectivity index (χ1v) is 8.60. The van der Waals surface area contributed by atoms with Crippen molar-refractivity contribution in [1.29, 1.82) is 0 Å². The average molecular weight is 332 g/mol. The number of hydrogen-bond donors (Lipinski definition) is 0. The van der Waals surface area contributed by atoms with Crippen LogP contribution in [0.25, 0.3) is 11.4 Å². The number of benzene rings is 1. The molecule has 1 fully saturated rings. The van der Waals surface area contributed by atoms with Crippen molar-refractivity contribution in [3.8, 4) is 11.4 Å². The van der Waals surface area contributed by atoms with Crippen LogP contribution in [0.1, 0.15) is 20.8 Å². The zero-order valence-electron chi connectivity index (χ0n) is 14.0. The molecule has 0 aliphatic carbocycles. The van der Waals surface area contributed by atoms with E-state index in [0.717, 1.165) is 35.8 Å². The van der Waals surface area contributed by atoms with Crippen molar-refractivity contribution in [3.63, 3.8) is 0 Å². The van der Waals surface area contributed by atoms with E-state index in [4.69, 9.17) is 22.1 Å². The van der Waals surface area contributed by atoms with Gasteiger partial charge in [0.2, 0.25) is 0 Å². The summed E-state index contributed by atoms with van der Waals surface area (Å²) >= 11 is 5.64. The van der Waals surface area contributed by atoms with E-state index < -0.39 is 0 Å². The molecule has 124 valence electrons. The topological polar surface area (TPSA) is 35.2 Å². The van der Waals surface area contributed by atoms with Gasteiger partial charge in [-0.05, 0) is 33.0 Å². The summed E-state index contributed by atoms with van der Waals surface area (Å²) in [5, 5.41) is 4.79. The fourth-order valence-electron chi connectivity index (χ4n) is 3.21. The Morgan fingerprint density at radius 2 is 1.83 bits per heavy atom. The third kappa shape index (κ3) is 3.54. The van der Waals surface area contributed by atoms with Gasteiger partial charge in [-0.1, -0.05) is 30.3 Å². The molecule has 3 rings (SSSR count). The molecule has 2 atom stereocenters. The molecule has 1 aromatic carbocycles. The van der Waals surface area contributed by atoms with Crippen LogP contribution in [-0.2, 0) is 18.0 Å². The number of nitrogens with zero attached hydrogens (tertiary/aromatic N) is 4. The van der Waals surface area contributed by atoms with Crippen LogP contribution >= 0.6 is 12.2 Å². The third-order valence-corrected chi connectivity index (χ3v) is 4.53. The van der Waals surface area contributed by atoms with Crippen molar-refractivity contribution < 1.29 is 4.74 Å². The van der Waals surface area contributed by atoms with Gasteiger partial charge in [0, 0.05) is 25.2 Å². The van der Waals surface area contributed by atoms with Crippen molar-refractivity contribution in [1.82, 2.24) is 19.2 Å². The standard InChI is InChI=1S/C17H24N4OS/c1-4-20-16(15-8-6-5-7-9-15)18-21(17(20)23)12-19-10-13(2)22-14(3)11-19/h5-9,13-14H,4,10-12H2,1-3H3/t13-,14-/m0/s1. The number of hydrogen-bond acceptors (Lipinski definition) is 4. The van der Waals surface area contributed by atoms with Gasteiger partial charge < -0.3 is 9.30 Å². The van der Waals surface area contributed by atoms with Crippen LogP contribution in [0.2, 0.25) is 0 Å². The van der Waals surface area contributed by atoms with E-state index in [1.165, 1.54) is 0 Å². The second kappa shape index (κ2) is 6.95. The molecule has 6 heteroatoms. The predicted molar refractivity (Wildman–Crippen MR) is 93.7 cm³/mol. The maximum atomic E-state index is 5.80. The zero-order valence-corrected chi connectivity index (χ0v) is 14.8. The molecule has 1 aromatic heterocycles. The van der Waals surface area contributed by atoms with Gasteiger partial charge in [0.05, 0.1) is 18.9 Å². The van der Waals surface area contributed by atoms with E-state index in [9.17, 15) is 0 Å². The number of rotatable bonds is 4. The van der Waals surface area contributed by atoms with Crippen LogP contribution in [0.3, 0.4) is 0 Å². The van der Waals surface area contributed by atoms with Gasteiger partial charge in [0.25, 0.3) is 0 Å². The lowest BCUT2D eigenvalue weighted by atomic mass is 10.2. The van der Waals surface area contributed by atoms with E-state index in [2.05, 4.69) is 42.4 Å². The van der Waals surface area contributed by atoms with E-state index >= 15 is 0 Å². The Kier molecular flexibility index (Phi) is 4.94. The van der Waals surface area contributed by atoms with Crippen molar-refractivity contribution in [2.75, 3.05) is 13.1 Å². The minimum Gasteiger partial charge on any atom is -0.373 e. The van der Waals surface area contributed by atoms with Crippen LogP contribution in [0.15, 0.2) is 30.3 Å². The van der Waals surface area contributed by atoms with Crippen LogP contribution in [0.5, 0.6) is 0 Å². The summed E-state index contributed by atoms with van der Waals surface area (Å²) in [5.41, 5.74) is 1.10. The normalized spacial score (nSPS) is 22.4. The van der Waals surface area contributed by atoms with Crippen molar-refractivity contribution >= 4 is 12.2 Å². The molecule has 0 N–H and O–H groups in total. The molecule has 0 bridgehead atoms. The highest BCUT2D eigenvalue weighted by molar-refractivity contribution is 7.71. The summed E-state index contributed by atoms with van der Waals surface area (Å²) in [7, 11) is 0. The molecule has 23 heavy (non-hydrogen) atoms. The molecular formula is C17H24N4OS. The van der Waals surface area contributed by atoms with Gasteiger partial charge in [-0.25, -0.2) is 4.68 Å². The summed E-state index contributed by atoms with van der Waals surface area (Å²) in [6.45, 7) is 9.68. The number of aromatic nitrogens is 3. The molecule has 2 aromatic rings. The highest BCUT2D eigenvalue weighted by Gasteiger charge is 2.23. The minimum atomic E-state index is 0.245. The molecule has 1 aliphatic heterocycles. The Balaban J connectivity index is 1.89. The molecule has 0 unspecified atom stereocenters. The Bertz CT molecular complexity index is 699. The van der Waals surface area contributed by atoms with Gasteiger partial charge >= 0.3 is 0 Å². The third-order valence-electron chi connectivity index (χ3n) is 4.10. The Morgan fingerprint density at radius 1 is 1.17 bits per heavy atom. The fourth-order valence-corrected chi connectivity index (χ4v) is 3.52. The lowest BCUT2D eigenvalue weighted by molar-refractivity contribution is -0.0777. The van der Waals surface area contributed by atoms with Gasteiger partial charge in [0.15, 0.2) is 10.6 Å². The molecule has 5 nitrogen and oxygen atoms in total. The van der Waals surface area contributed by atoms with Gasteiger partial charge in [-0.3, -0.25) is 4.90 Å². The SMILES string of the molecule is CCn1c(-c2ccccc2)nn(CN2C[C@H](C)O[C@@H](C)C2)c1=S. The molecule has 0 spiro atoms. The summed E-state index contributed by atoms with van der Waals surface area (Å²) in [5.74, 6) is 0.937. The van der Waals surface area contributed by atoms with E-state index in [1.54, 1.807) is 0 Å². The summed E-state index contributed by atoms with van der Waals surface area (Å²) in [4.78, 5) is 2.36. The zero-order chi connectivity index (χ0) is 16.4. The minimum absolute atomic E-state index is 0.245. The lowest BCUT2D eigenvalue weighted by Crippen LogP contribution is -2.46. The average Bonchev–Trinajstić information content (AvgIpc) is 2.83. The quantitative estimate of drug-likeness (QED) is 0.806. The number of morpholine rings is 1. The first kappa shape index (κ1) is 16.4. The molecular weight excluding hydrogens is 308 g/mol. The largest absolute Gasteiger partial charge is 0.373 e. The second-order valence-electron chi connectivity index (χ2n) is 6.15. The Morgan fingerprint density at radius 3 is 2.43 bits per heavy atom. The summed E-state index contributed by atoms with van der Waals surface area (Å²) < 4.78 is 10.6. The van der Waals surface area contributed by atoms with Crippen LogP contribution in [0, 0.1) is 4.77 Å². The molecule has 1 saturated heterocycles. The Labute approximate surface area is 142 Å². The lowest BCUT2D eigenvalue weighted by Gasteiger charge is -2.34. The van der Waals surface area contributed by atoms with Gasteiger partial charge in [-0.2, -0.15) is 5.10 Å². The van der Waals surface area contributed by atoms with Crippen molar-refractivity contribution in [3.05, 3.63) is 35.1 Å². The van der Waals surface area contributed by atoms with Crippen molar-refractivity contribution in [2.24, 2.45) is 0 Å². The summed E-state index contributed by atoms with van der Waals surface area (Å²) in [6, 6.07) is 10.2. The van der Waals surface area contributed by atoms with Gasteiger partial charge in [0.1, 0.15) is 0 Å². The van der Waals surface area contributed by atoms with Crippen molar-refractivity contribution in [2.45, 2.75) is 46.2 Å². The molecule has 1 aliphatic rings. The predicted octanol–water partition coefficient (Wildman–Crippen LogP) is 3.17. The van der Waals surface area contributed by atoms with Crippen LogP contribution in [-0.4, -0.2) is 44.5 Å². The highest BCUT2D eigenvalue weighted by Crippen LogP contribution is 2.19. The first-order chi connectivity index (χ1) is 11.1. The summed E-state index contributed by atoms with van der Waals surface area (Å²) in [6.07, 6.45) is 0.490. The smallest absolute Gasteiger partial charge is 0.199 e. The van der Waals surface area contributed by atoms with E-state index in [0.29, 0.717) is 6.67 Å². The van der Waals surface area contributed by atoms with Crippen LogP contribution < -0.4 is 0 Å². The van der Waals surface area contributed by atoms with E-state index in [1.807, 2.05) is 22.9 Å². The maximum absolute atomic E-state index is 5.80. The first-order valence-electron chi connectivity index (χ1n) is 8.19. The highest BCUT2D eigenvalue weighted by atomic mass is 32.1. The second-order valence-corrected chi connectivity index (χ2v) is 6.52. The molecule has 0 amide bonds. The molecule has 0 saturated carbocycles.